The molecule has 168 valence electrons. The summed E-state index contributed by atoms with van der Waals surface area (Å²) < 4.78 is 0. The SMILES string of the molecule is CC(C)[C@H](NCc1ccc(-c2ccccc2-c2nnn(Cc3ccccc3)n2)cc1)C(=O)O. The lowest BCUT2D eigenvalue weighted by atomic mass is 9.98. The van der Waals surface area contributed by atoms with Crippen LogP contribution in [0.5, 0.6) is 0 Å². The van der Waals surface area contributed by atoms with Crippen LogP contribution in [0.4, 0.5) is 0 Å². The molecule has 0 saturated heterocycles. The van der Waals surface area contributed by atoms with E-state index in [0.29, 0.717) is 18.9 Å². The largest absolute Gasteiger partial charge is 0.480 e. The van der Waals surface area contributed by atoms with E-state index in [2.05, 4.69) is 20.7 Å². The molecule has 0 fully saturated rings. The lowest BCUT2D eigenvalue weighted by Crippen LogP contribution is -2.40. The maximum absolute atomic E-state index is 11.4. The molecule has 3 aromatic carbocycles. The third-order valence-electron chi connectivity index (χ3n) is 5.51. The van der Waals surface area contributed by atoms with E-state index in [1.54, 1.807) is 4.80 Å². The molecule has 4 aromatic rings. The van der Waals surface area contributed by atoms with Crippen molar-refractivity contribution in [3.63, 3.8) is 0 Å². The first-order valence-corrected chi connectivity index (χ1v) is 11.0. The second kappa shape index (κ2) is 10.2. The summed E-state index contributed by atoms with van der Waals surface area (Å²) in [4.78, 5) is 13.0. The summed E-state index contributed by atoms with van der Waals surface area (Å²) in [6, 6.07) is 25.6. The molecule has 0 aliphatic rings. The predicted octanol–water partition coefficient (Wildman–Crippen LogP) is 4.25. The molecule has 0 spiro atoms. The van der Waals surface area contributed by atoms with Crippen LogP contribution in [0.15, 0.2) is 78.9 Å². The summed E-state index contributed by atoms with van der Waals surface area (Å²) in [5.41, 5.74) is 5.10. The van der Waals surface area contributed by atoms with E-state index in [4.69, 9.17) is 0 Å². The summed E-state index contributed by atoms with van der Waals surface area (Å²) in [6.07, 6.45) is 0. The Bertz CT molecular complexity index is 1200. The maximum Gasteiger partial charge on any atom is 0.320 e. The minimum Gasteiger partial charge on any atom is -0.480 e. The van der Waals surface area contributed by atoms with Gasteiger partial charge in [-0.15, -0.1) is 10.2 Å². The molecular formula is C26H27N5O2. The van der Waals surface area contributed by atoms with E-state index in [-0.39, 0.29) is 5.92 Å². The summed E-state index contributed by atoms with van der Waals surface area (Å²) >= 11 is 0. The summed E-state index contributed by atoms with van der Waals surface area (Å²) in [5, 5.41) is 25.6. The molecule has 4 rings (SSSR count). The topological polar surface area (TPSA) is 92.9 Å². The van der Waals surface area contributed by atoms with Gasteiger partial charge in [0.25, 0.3) is 0 Å². The normalized spacial score (nSPS) is 12.1. The van der Waals surface area contributed by atoms with Gasteiger partial charge in [0.1, 0.15) is 6.04 Å². The first-order valence-electron chi connectivity index (χ1n) is 11.0. The van der Waals surface area contributed by atoms with Crippen LogP contribution in [0.25, 0.3) is 22.5 Å². The third-order valence-corrected chi connectivity index (χ3v) is 5.51. The van der Waals surface area contributed by atoms with Gasteiger partial charge in [0.15, 0.2) is 0 Å². The lowest BCUT2D eigenvalue weighted by molar-refractivity contribution is -0.140. The molecule has 1 heterocycles. The molecule has 0 aliphatic heterocycles. The zero-order valence-corrected chi connectivity index (χ0v) is 18.7. The van der Waals surface area contributed by atoms with E-state index in [1.165, 1.54) is 0 Å². The van der Waals surface area contributed by atoms with E-state index >= 15 is 0 Å². The number of carboxylic acid groups (broad SMARTS) is 1. The van der Waals surface area contributed by atoms with Gasteiger partial charge in [0.05, 0.1) is 6.54 Å². The van der Waals surface area contributed by atoms with Crippen molar-refractivity contribution in [2.45, 2.75) is 33.0 Å². The molecule has 33 heavy (non-hydrogen) atoms. The summed E-state index contributed by atoms with van der Waals surface area (Å²) in [7, 11) is 0. The molecular weight excluding hydrogens is 414 g/mol. The Hall–Kier alpha value is -3.84. The van der Waals surface area contributed by atoms with Crippen LogP contribution in [-0.2, 0) is 17.9 Å². The van der Waals surface area contributed by atoms with Crippen LogP contribution in [-0.4, -0.2) is 37.3 Å². The molecule has 7 nitrogen and oxygen atoms in total. The number of carboxylic acids is 1. The van der Waals surface area contributed by atoms with E-state index in [1.807, 2.05) is 92.7 Å². The fourth-order valence-electron chi connectivity index (χ4n) is 3.73. The fraction of sp³-hybridized carbons (Fsp3) is 0.231. The van der Waals surface area contributed by atoms with Crippen LogP contribution in [0.3, 0.4) is 0 Å². The number of hydrogen-bond acceptors (Lipinski definition) is 5. The van der Waals surface area contributed by atoms with E-state index in [9.17, 15) is 9.90 Å². The standard InChI is InChI=1S/C26H27N5O2/c1-18(2)24(26(32)33)27-16-19-12-14-21(15-13-19)22-10-6-7-11-23(22)25-28-30-31(29-25)17-20-8-4-3-5-9-20/h3-15,18,24,27H,16-17H2,1-2H3,(H,32,33)/t24-/m0/s1. The van der Waals surface area contributed by atoms with Crippen molar-refractivity contribution in [3.8, 4) is 22.5 Å². The summed E-state index contributed by atoms with van der Waals surface area (Å²) in [5.74, 6) is -0.242. The van der Waals surface area contributed by atoms with Crippen LogP contribution in [0, 0.1) is 5.92 Å². The number of tetrazole rings is 1. The van der Waals surface area contributed by atoms with Gasteiger partial charge < -0.3 is 10.4 Å². The van der Waals surface area contributed by atoms with E-state index in [0.717, 1.165) is 27.8 Å². The molecule has 0 aliphatic carbocycles. The molecule has 0 bridgehead atoms. The fourth-order valence-corrected chi connectivity index (χ4v) is 3.73. The monoisotopic (exact) mass is 441 g/mol. The van der Waals surface area contributed by atoms with Crippen molar-refractivity contribution in [1.82, 2.24) is 25.5 Å². The van der Waals surface area contributed by atoms with Crippen molar-refractivity contribution in [1.29, 1.82) is 0 Å². The molecule has 0 radical (unpaired) electrons. The number of hydrogen-bond donors (Lipinski definition) is 2. The van der Waals surface area contributed by atoms with Crippen molar-refractivity contribution in [2.75, 3.05) is 0 Å². The van der Waals surface area contributed by atoms with Gasteiger partial charge in [-0.05, 0) is 33.4 Å². The highest BCUT2D eigenvalue weighted by Gasteiger charge is 2.20. The van der Waals surface area contributed by atoms with Crippen molar-refractivity contribution >= 4 is 5.97 Å². The number of nitrogens with one attached hydrogen (secondary N) is 1. The Morgan fingerprint density at radius 2 is 1.58 bits per heavy atom. The molecule has 1 aromatic heterocycles. The number of aromatic nitrogens is 4. The minimum atomic E-state index is -0.830. The first-order chi connectivity index (χ1) is 16.0. The Morgan fingerprint density at radius 3 is 2.24 bits per heavy atom. The average Bonchev–Trinajstić information content (AvgIpc) is 3.28. The van der Waals surface area contributed by atoms with Crippen molar-refractivity contribution < 1.29 is 9.90 Å². The number of carbonyl (C=O) groups is 1. The Balaban J connectivity index is 1.51. The molecule has 0 amide bonds. The van der Waals surface area contributed by atoms with Gasteiger partial charge >= 0.3 is 5.97 Å². The van der Waals surface area contributed by atoms with Crippen LogP contribution in [0.2, 0.25) is 0 Å². The highest BCUT2D eigenvalue weighted by Crippen LogP contribution is 2.30. The zero-order valence-electron chi connectivity index (χ0n) is 18.7. The number of benzene rings is 3. The van der Waals surface area contributed by atoms with Crippen molar-refractivity contribution in [3.05, 3.63) is 90.0 Å². The predicted molar refractivity (Wildman–Crippen MR) is 127 cm³/mol. The average molecular weight is 442 g/mol. The van der Waals surface area contributed by atoms with Gasteiger partial charge in [0, 0.05) is 12.1 Å². The van der Waals surface area contributed by atoms with Gasteiger partial charge in [-0.1, -0.05) is 92.7 Å². The molecule has 1 atom stereocenters. The Morgan fingerprint density at radius 1 is 0.909 bits per heavy atom. The minimum absolute atomic E-state index is 0.0106. The van der Waals surface area contributed by atoms with Crippen LogP contribution < -0.4 is 5.32 Å². The molecule has 0 unspecified atom stereocenters. The number of aliphatic carboxylic acids is 1. The Labute approximate surface area is 193 Å². The quantitative estimate of drug-likeness (QED) is 0.403. The smallest absolute Gasteiger partial charge is 0.320 e. The lowest BCUT2D eigenvalue weighted by Gasteiger charge is -2.18. The second-order valence-electron chi connectivity index (χ2n) is 8.31. The highest BCUT2D eigenvalue weighted by molar-refractivity contribution is 5.80. The van der Waals surface area contributed by atoms with Crippen molar-refractivity contribution in [2.24, 2.45) is 5.92 Å². The van der Waals surface area contributed by atoms with Gasteiger partial charge in [-0.3, -0.25) is 4.79 Å². The van der Waals surface area contributed by atoms with Gasteiger partial charge in [0.2, 0.25) is 5.82 Å². The number of nitrogens with zero attached hydrogens (tertiary/aromatic N) is 4. The first kappa shape index (κ1) is 22.4. The van der Waals surface area contributed by atoms with Crippen LogP contribution in [0.1, 0.15) is 25.0 Å². The van der Waals surface area contributed by atoms with Gasteiger partial charge in [-0.25, -0.2) is 0 Å². The Kier molecular flexibility index (Phi) is 6.90. The van der Waals surface area contributed by atoms with Crippen LogP contribution >= 0.6 is 0 Å². The zero-order chi connectivity index (χ0) is 23.2. The second-order valence-corrected chi connectivity index (χ2v) is 8.31. The highest BCUT2D eigenvalue weighted by atomic mass is 16.4. The molecule has 0 saturated carbocycles. The van der Waals surface area contributed by atoms with Gasteiger partial charge in [-0.2, -0.15) is 4.80 Å². The summed E-state index contributed by atoms with van der Waals surface area (Å²) in [6.45, 7) is 4.85. The maximum atomic E-state index is 11.4. The molecule has 2 N–H and O–H groups in total. The van der Waals surface area contributed by atoms with E-state index < -0.39 is 12.0 Å². The number of rotatable bonds is 9. The molecule has 7 heteroatoms. The third kappa shape index (κ3) is 5.51.